The molecular weight excluding hydrogens is 190 g/mol. The summed E-state index contributed by atoms with van der Waals surface area (Å²) in [4.78, 5) is 4.11. The zero-order valence-corrected chi connectivity index (χ0v) is 9.01. The van der Waals surface area contributed by atoms with Crippen molar-refractivity contribution < 1.29 is 0 Å². The number of aromatic nitrogens is 4. The lowest BCUT2D eigenvalue weighted by Gasteiger charge is -2.06. The minimum atomic E-state index is 0.674. The molecule has 0 bridgehead atoms. The number of nitrogen functional groups attached to an aromatic ring is 1. The molecule has 2 rings (SSSR count). The zero-order chi connectivity index (χ0) is 10.8. The van der Waals surface area contributed by atoms with Crippen molar-refractivity contribution in [2.24, 2.45) is 0 Å². The van der Waals surface area contributed by atoms with E-state index in [1.807, 2.05) is 19.4 Å². The van der Waals surface area contributed by atoms with Crippen molar-refractivity contribution >= 4 is 5.82 Å². The first-order valence-electron chi connectivity index (χ1n) is 4.99. The van der Waals surface area contributed by atoms with Gasteiger partial charge in [-0.15, -0.1) is 0 Å². The molecule has 2 heterocycles. The minimum Gasteiger partial charge on any atom is -0.384 e. The molecule has 0 radical (unpaired) electrons. The number of hydrogen-bond donors (Lipinski definition) is 1. The van der Waals surface area contributed by atoms with Crippen molar-refractivity contribution in [2.75, 3.05) is 5.73 Å². The lowest BCUT2D eigenvalue weighted by molar-refractivity contribution is 0.628. The number of nitrogens with two attached hydrogens (primary N) is 1. The molecule has 2 N–H and O–H groups in total. The topological polar surface area (TPSA) is 61.7 Å². The Morgan fingerprint density at radius 3 is 2.80 bits per heavy atom. The first-order valence-corrected chi connectivity index (χ1v) is 4.99. The van der Waals surface area contributed by atoms with E-state index in [0.29, 0.717) is 6.54 Å². The lowest BCUT2D eigenvalue weighted by atomic mass is 10.4. The van der Waals surface area contributed by atoms with Gasteiger partial charge < -0.3 is 10.3 Å². The molecule has 15 heavy (non-hydrogen) atoms. The van der Waals surface area contributed by atoms with Crippen LogP contribution in [0.25, 0.3) is 0 Å². The molecule has 0 saturated carbocycles. The van der Waals surface area contributed by atoms with E-state index in [1.54, 1.807) is 10.9 Å². The van der Waals surface area contributed by atoms with Gasteiger partial charge in [-0.1, -0.05) is 0 Å². The van der Waals surface area contributed by atoms with E-state index in [-0.39, 0.29) is 0 Å². The molecule has 2 aromatic rings. The molecule has 0 aliphatic heterocycles. The fourth-order valence-corrected chi connectivity index (χ4v) is 1.53. The maximum Gasteiger partial charge on any atom is 0.125 e. The largest absolute Gasteiger partial charge is 0.384 e. The normalized spacial score (nSPS) is 10.8. The lowest BCUT2D eigenvalue weighted by Crippen LogP contribution is -2.10. The standard InChI is InChI=1S/C10H15N5/c1-3-14-7-12-5-9(14)6-15-10(11)8(2)4-13-15/h4-5,7H,3,6,11H2,1-2H3. The van der Waals surface area contributed by atoms with Crippen molar-refractivity contribution in [3.8, 4) is 0 Å². The van der Waals surface area contributed by atoms with E-state index in [4.69, 9.17) is 5.73 Å². The van der Waals surface area contributed by atoms with Crippen LogP contribution >= 0.6 is 0 Å². The molecule has 0 aliphatic carbocycles. The van der Waals surface area contributed by atoms with E-state index in [9.17, 15) is 0 Å². The average Bonchev–Trinajstić information content (AvgIpc) is 2.80. The van der Waals surface area contributed by atoms with Crippen LogP contribution in [0.4, 0.5) is 5.82 Å². The molecule has 80 valence electrons. The van der Waals surface area contributed by atoms with Crippen molar-refractivity contribution in [1.29, 1.82) is 0 Å². The molecule has 0 spiro atoms. The van der Waals surface area contributed by atoms with Gasteiger partial charge in [0.1, 0.15) is 5.82 Å². The van der Waals surface area contributed by atoms with Crippen molar-refractivity contribution in [3.63, 3.8) is 0 Å². The molecule has 0 amide bonds. The maximum atomic E-state index is 5.88. The van der Waals surface area contributed by atoms with Gasteiger partial charge in [0.05, 0.1) is 31.0 Å². The highest BCUT2D eigenvalue weighted by Gasteiger charge is 2.06. The summed E-state index contributed by atoms with van der Waals surface area (Å²) in [5.41, 5.74) is 8.01. The third kappa shape index (κ3) is 1.72. The second-order valence-corrected chi connectivity index (χ2v) is 3.54. The second-order valence-electron chi connectivity index (χ2n) is 3.54. The fraction of sp³-hybridized carbons (Fsp3) is 0.400. The van der Waals surface area contributed by atoms with Crippen molar-refractivity contribution in [3.05, 3.63) is 30.0 Å². The van der Waals surface area contributed by atoms with Crippen LogP contribution in [0, 0.1) is 6.92 Å². The first kappa shape index (κ1) is 9.76. The number of aryl methyl sites for hydroxylation is 2. The van der Waals surface area contributed by atoms with Gasteiger partial charge in [-0.3, -0.25) is 0 Å². The van der Waals surface area contributed by atoms with Gasteiger partial charge in [0.15, 0.2) is 0 Å². The Kier molecular flexibility index (Phi) is 2.45. The summed E-state index contributed by atoms with van der Waals surface area (Å²) >= 11 is 0. The third-order valence-electron chi connectivity index (χ3n) is 2.52. The van der Waals surface area contributed by atoms with Crippen LogP contribution in [0.3, 0.4) is 0 Å². The van der Waals surface area contributed by atoms with Gasteiger partial charge in [-0.05, 0) is 13.8 Å². The Morgan fingerprint density at radius 2 is 2.20 bits per heavy atom. The number of rotatable bonds is 3. The summed E-state index contributed by atoms with van der Waals surface area (Å²) in [6, 6.07) is 0. The molecule has 0 aromatic carbocycles. The molecule has 0 saturated heterocycles. The Bertz CT molecular complexity index is 454. The summed E-state index contributed by atoms with van der Waals surface area (Å²) < 4.78 is 3.87. The molecule has 0 unspecified atom stereocenters. The first-order chi connectivity index (χ1) is 7.22. The molecule has 2 aromatic heterocycles. The summed E-state index contributed by atoms with van der Waals surface area (Å²) in [6.45, 7) is 5.63. The van der Waals surface area contributed by atoms with E-state index in [0.717, 1.165) is 23.6 Å². The average molecular weight is 205 g/mol. The van der Waals surface area contributed by atoms with Crippen molar-refractivity contribution in [2.45, 2.75) is 26.9 Å². The van der Waals surface area contributed by atoms with Crippen LogP contribution in [-0.2, 0) is 13.1 Å². The van der Waals surface area contributed by atoms with E-state index in [2.05, 4.69) is 21.6 Å². The summed E-state index contributed by atoms with van der Waals surface area (Å²) in [5.74, 6) is 0.721. The number of imidazole rings is 1. The molecule has 0 atom stereocenters. The van der Waals surface area contributed by atoms with Crippen LogP contribution in [-0.4, -0.2) is 19.3 Å². The highest BCUT2D eigenvalue weighted by atomic mass is 15.3. The molecule has 0 aliphatic rings. The zero-order valence-electron chi connectivity index (χ0n) is 9.01. The Morgan fingerprint density at radius 1 is 1.40 bits per heavy atom. The predicted octanol–water partition coefficient (Wildman–Crippen LogP) is 1.04. The van der Waals surface area contributed by atoms with Gasteiger partial charge in [0.2, 0.25) is 0 Å². The van der Waals surface area contributed by atoms with Gasteiger partial charge in [-0.2, -0.15) is 5.10 Å². The smallest absolute Gasteiger partial charge is 0.125 e. The summed E-state index contributed by atoms with van der Waals surface area (Å²) in [7, 11) is 0. The monoisotopic (exact) mass is 205 g/mol. The molecule has 0 fully saturated rings. The summed E-state index contributed by atoms with van der Waals surface area (Å²) in [5, 5.41) is 4.22. The third-order valence-corrected chi connectivity index (χ3v) is 2.52. The molecule has 5 heteroatoms. The highest BCUT2D eigenvalue weighted by Crippen LogP contribution is 2.11. The van der Waals surface area contributed by atoms with Crippen LogP contribution in [0.2, 0.25) is 0 Å². The SMILES string of the molecule is CCn1cncc1Cn1ncc(C)c1N. The number of anilines is 1. The van der Waals surface area contributed by atoms with Crippen LogP contribution in [0.1, 0.15) is 18.2 Å². The summed E-state index contributed by atoms with van der Waals surface area (Å²) in [6.07, 6.45) is 5.45. The number of nitrogens with zero attached hydrogens (tertiary/aromatic N) is 4. The van der Waals surface area contributed by atoms with Crippen LogP contribution < -0.4 is 5.73 Å². The van der Waals surface area contributed by atoms with Crippen LogP contribution in [0.5, 0.6) is 0 Å². The van der Waals surface area contributed by atoms with Gasteiger partial charge in [-0.25, -0.2) is 9.67 Å². The Hall–Kier alpha value is -1.78. The van der Waals surface area contributed by atoms with Gasteiger partial charge in [0.25, 0.3) is 0 Å². The van der Waals surface area contributed by atoms with Gasteiger partial charge >= 0.3 is 0 Å². The Labute approximate surface area is 88.5 Å². The van der Waals surface area contributed by atoms with E-state index < -0.39 is 0 Å². The minimum absolute atomic E-state index is 0.674. The fourth-order valence-electron chi connectivity index (χ4n) is 1.53. The Balaban J connectivity index is 2.25. The molecular formula is C10H15N5. The predicted molar refractivity (Wildman–Crippen MR) is 58.4 cm³/mol. The van der Waals surface area contributed by atoms with E-state index >= 15 is 0 Å². The van der Waals surface area contributed by atoms with Crippen molar-refractivity contribution in [1.82, 2.24) is 19.3 Å². The maximum absolute atomic E-state index is 5.88. The number of hydrogen-bond acceptors (Lipinski definition) is 3. The van der Waals surface area contributed by atoms with E-state index in [1.165, 1.54) is 0 Å². The quantitative estimate of drug-likeness (QED) is 0.814. The van der Waals surface area contributed by atoms with Crippen LogP contribution in [0.15, 0.2) is 18.7 Å². The second kappa shape index (κ2) is 3.76. The van der Waals surface area contributed by atoms with Gasteiger partial charge in [0, 0.05) is 12.1 Å². The molecule has 5 nitrogen and oxygen atoms in total. The highest BCUT2D eigenvalue weighted by molar-refractivity contribution is 5.37.